The fourth-order valence-corrected chi connectivity index (χ4v) is 2.91. The van der Waals surface area contributed by atoms with E-state index in [9.17, 15) is 4.79 Å². The smallest absolute Gasteiger partial charge is 0.204 e. The molecular weight excluding hydrogens is 334 g/mol. The molecule has 0 unspecified atom stereocenters. The summed E-state index contributed by atoms with van der Waals surface area (Å²) in [7, 11) is 1.63. The van der Waals surface area contributed by atoms with E-state index in [0.717, 1.165) is 48.4 Å². The van der Waals surface area contributed by atoms with E-state index >= 15 is 0 Å². The first-order valence-electron chi connectivity index (χ1n) is 8.70. The molecule has 0 amide bonds. The van der Waals surface area contributed by atoms with Gasteiger partial charge in [0.25, 0.3) is 0 Å². The first-order chi connectivity index (χ1) is 12.6. The predicted molar refractivity (Wildman–Crippen MR) is 98.6 cm³/mol. The Labute approximate surface area is 151 Å². The number of nitrogens with zero attached hydrogens (tertiary/aromatic N) is 4. The molecule has 0 fully saturated rings. The molecule has 1 aromatic carbocycles. The molecule has 3 rings (SSSR count). The van der Waals surface area contributed by atoms with Gasteiger partial charge in [0.1, 0.15) is 18.2 Å². The molecule has 0 aliphatic heterocycles. The number of ketones is 1. The van der Waals surface area contributed by atoms with E-state index in [-0.39, 0.29) is 12.4 Å². The zero-order valence-corrected chi connectivity index (χ0v) is 15.0. The third-order valence-corrected chi connectivity index (χ3v) is 4.29. The molecule has 0 aliphatic carbocycles. The number of fused-ring (bicyclic) bond motifs is 3. The molecule has 3 aromatic rings. The lowest BCUT2D eigenvalue weighted by atomic mass is 10.1. The molecular formula is C18H23N5O3. The Balaban J connectivity index is 1.75. The van der Waals surface area contributed by atoms with E-state index in [1.54, 1.807) is 7.11 Å². The number of aliphatic hydroxyl groups excluding tert-OH is 1. The maximum atomic E-state index is 11.1. The molecule has 2 N–H and O–H groups in total. The van der Waals surface area contributed by atoms with E-state index < -0.39 is 0 Å². The number of rotatable bonds is 9. The third kappa shape index (κ3) is 3.75. The number of aryl methyl sites for hydroxylation is 1. The number of Topliss-reactive ketones (excluding diaryl/α,β-unsaturated/α-hetero) is 1. The van der Waals surface area contributed by atoms with Crippen LogP contribution in [0.5, 0.6) is 5.75 Å². The molecule has 2 aromatic heterocycles. The van der Waals surface area contributed by atoms with Crippen LogP contribution < -0.4 is 10.1 Å². The second-order valence-electron chi connectivity index (χ2n) is 6.16. The number of ether oxygens (including phenoxy) is 1. The van der Waals surface area contributed by atoms with Crippen molar-refractivity contribution in [3.8, 4) is 5.75 Å². The molecule has 0 atom stereocenters. The molecule has 0 bridgehead atoms. The van der Waals surface area contributed by atoms with Gasteiger partial charge in [0, 0.05) is 19.0 Å². The summed E-state index contributed by atoms with van der Waals surface area (Å²) in [6.45, 7) is 2.26. The summed E-state index contributed by atoms with van der Waals surface area (Å²) in [5.74, 6) is 2.11. The van der Waals surface area contributed by atoms with Gasteiger partial charge < -0.3 is 15.2 Å². The van der Waals surface area contributed by atoms with E-state index in [0.29, 0.717) is 17.9 Å². The van der Waals surface area contributed by atoms with Gasteiger partial charge in [0.15, 0.2) is 11.6 Å². The minimum Gasteiger partial charge on any atom is -0.497 e. The summed E-state index contributed by atoms with van der Waals surface area (Å²) in [5.41, 5.74) is 2.42. The Morgan fingerprint density at radius 3 is 2.88 bits per heavy atom. The van der Waals surface area contributed by atoms with Gasteiger partial charge >= 0.3 is 0 Å². The van der Waals surface area contributed by atoms with Crippen molar-refractivity contribution in [2.75, 3.05) is 25.6 Å². The number of nitrogens with one attached hydrogen (secondary N) is 1. The fraction of sp³-hybridized carbons (Fsp3) is 0.444. The van der Waals surface area contributed by atoms with Crippen molar-refractivity contribution in [1.82, 2.24) is 19.6 Å². The zero-order chi connectivity index (χ0) is 18.5. The summed E-state index contributed by atoms with van der Waals surface area (Å²) in [6, 6.07) is 5.73. The summed E-state index contributed by atoms with van der Waals surface area (Å²) >= 11 is 0. The zero-order valence-electron chi connectivity index (χ0n) is 15.0. The number of methoxy groups -OCH3 is 1. The fourth-order valence-electron chi connectivity index (χ4n) is 2.91. The Morgan fingerprint density at radius 2 is 2.12 bits per heavy atom. The normalized spacial score (nSPS) is 11.2. The van der Waals surface area contributed by atoms with Crippen LogP contribution in [0, 0.1) is 6.92 Å². The van der Waals surface area contributed by atoms with Crippen molar-refractivity contribution in [2.45, 2.75) is 32.6 Å². The average molecular weight is 357 g/mol. The second-order valence-corrected chi connectivity index (χ2v) is 6.16. The first kappa shape index (κ1) is 18.1. The van der Waals surface area contributed by atoms with Gasteiger partial charge in [-0.05, 0) is 31.9 Å². The first-order valence-corrected chi connectivity index (χ1v) is 8.70. The van der Waals surface area contributed by atoms with Crippen molar-refractivity contribution in [1.29, 1.82) is 0 Å². The lowest BCUT2D eigenvalue weighted by Crippen LogP contribution is -2.07. The molecule has 0 aliphatic rings. The van der Waals surface area contributed by atoms with Crippen LogP contribution in [0.15, 0.2) is 18.2 Å². The van der Waals surface area contributed by atoms with Crippen LogP contribution in [0.25, 0.3) is 16.7 Å². The highest BCUT2D eigenvalue weighted by Gasteiger charge is 2.13. The second kappa shape index (κ2) is 8.09. The van der Waals surface area contributed by atoms with Crippen LogP contribution >= 0.6 is 0 Å². The molecule has 0 saturated heterocycles. The Kier molecular flexibility index (Phi) is 5.62. The topological polar surface area (TPSA) is 102 Å². The lowest BCUT2D eigenvalue weighted by molar-refractivity contribution is -0.121. The summed E-state index contributed by atoms with van der Waals surface area (Å²) in [6.07, 6.45) is 3.01. The monoisotopic (exact) mass is 357 g/mol. The number of unbranched alkanes of at least 4 members (excludes halogenated alkanes) is 2. The summed E-state index contributed by atoms with van der Waals surface area (Å²) in [4.78, 5) is 15.8. The maximum absolute atomic E-state index is 11.1. The van der Waals surface area contributed by atoms with Crippen LogP contribution in [0.4, 0.5) is 5.82 Å². The molecule has 0 radical (unpaired) electrons. The van der Waals surface area contributed by atoms with Crippen LogP contribution in [0.2, 0.25) is 0 Å². The van der Waals surface area contributed by atoms with Crippen molar-refractivity contribution in [3.05, 3.63) is 24.0 Å². The Hall–Kier alpha value is -2.74. The van der Waals surface area contributed by atoms with Gasteiger partial charge in [0.2, 0.25) is 5.65 Å². The minimum atomic E-state index is -0.368. The number of carbonyl (C=O) groups excluding carboxylic acids is 1. The summed E-state index contributed by atoms with van der Waals surface area (Å²) in [5, 5.41) is 20.5. The highest BCUT2D eigenvalue weighted by molar-refractivity contribution is 5.84. The van der Waals surface area contributed by atoms with Gasteiger partial charge in [-0.25, -0.2) is 4.98 Å². The van der Waals surface area contributed by atoms with E-state index in [1.165, 1.54) is 0 Å². The summed E-state index contributed by atoms with van der Waals surface area (Å²) < 4.78 is 7.27. The molecule has 0 spiro atoms. The van der Waals surface area contributed by atoms with Crippen molar-refractivity contribution in [3.63, 3.8) is 0 Å². The molecule has 138 valence electrons. The van der Waals surface area contributed by atoms with E-state index in [1.807, 2.05) is 29.5 Å². The van der Waals surface area contributed by atoms with E-state index in [4.69, 9.17) is 9.84 Å². The predicted octanol–water partition coefficient (Wildman–Crippen LogP) is 2.13. The van der Waals surface area contributed by atoms with Crippen molar-refractivity contribution in [2.24, 2.45) is 0 Å². The minimum absolute atomic E-state index is 0.108. The quantitative estimate of drug-likeness (QED) is 0.566. The highest BCUT2D eigenvalue weighted by Crippen LogP contribution is 2.25. The third-order valence-electron chi connectivity index (χ3n) is 4.29. The number of hydrogen-bond acceptors (Lipinski definition) is 7. The van der Waals surface area contributed by atoms with E-state index in [2.05, 4.69) is 20.5 Å². The molecule has 26 heavy (non-hydrogen) atoms. The molecule has 0 saturated carbocycles. The number of aliphatic hydroxyl groups is 1. The van der Waals surface area contributed by atoms with Crippen LogP contribution in [-0.2, 0) is 4.79 Å². The maximum Gasteiger partial charge on any atom is 0.204 e. The van der Waals surface area contributed by atoms with Crippen LogP contribution in [0.1, 0.15) is 31.5 Å². The Bertz CT molecular complexity index is 922. The Morgan fingerprint density at radius 1 is 1.27 bits per heavy atom. The lowest BCUT2D eigenvalue weighted by Gasteiger charge is -2.10. The average Bonchev–Trinajstić information content (AvgIpc) is 3.05. The largest absolute Gasteiger partial charge is 0.497 e. The number of benzene rings is 1. The van der Waals surface area contributed by atoms with Gasteiger partial charge in [0.05, 0.1) is 18.1 Å². The van der Waals surface area contributed by atoms with Crippen LogP contribution in [-0.4, -0.2) is 50.7 Å². The van der Waals surface area contributed by atoms with Gasteiger partial charge in [-0.1, -0.05) is 6.42 Å². The highest BCUT2D eigenvalue weighted by atomic mass is 16.5. The van der Waals surface area contributed by atoms with Crippen molar-refractivity contribution < 1.29 is 14.6 Å². The van der Waals surface area contributed by atoms with Gasteiger partial charge in [-0.15, -0.1) is 10.2 Å². The molecule has 8 heteroatoms. The number of carbonyl (C=O) groups is 1. The SMILES string of the molecule is COc1ccc2c(c1)nc(NCCCCCC(=O)CO)c1nnc(C)n12. The molecule has 2 heterocycles. The van der Waals surface area contributed by atoms with Gasteiger partial charge in [-0.3, -0.25) is 9.20 Å². The standard InChI is InChI=1S/C18H23N5O3/c1-12-21-22-18-17(19-9-5-3-4-6-13(25)11-24)20-15-10-14(26-2)7-8-16(15)23(12)18/h7-8,10,24H,3-6,9,11H2,1-2H3,(H,19,20). The number of anilines is 1. The van der Waals surface area contributed by atoms with Gasteiger partial charge in [-0.2, -0.15) is 0 Å². The molecule has 8 nitrogen and oxygen atoms in total. The number of hydrogen-bond donors (Lipinski definition) is 2. The van der Waals surface area contributed by atoms with Crippen molar-refractivity contribution >= 4 is 28.3 Å². The van der Waals surface area contributed by atoms with Crippen LogP contribution in [0.3, 0.4) is 0 Å². The number of aromatic nitrogens is 4.